The van der Waals surface area contributed by atoms with E-state index in [1.807, 2.05) is 11.5 Å². The number of nitrogen functional groups attached to an aromatic ring is 1. The Labute approximate surface area is 189 Å². The molecule has 1 saturated heterocycles. The van der Waals surface area contributed by atoms with E-state index in [1.165, 1.54) is 0 Å². The van der Waals surface area contributed by atoms with Crippen molar-refractivity contribution in [3.05, 3.63) is 0 Å². The quantitative estimate of drug-likeness (QED) is 0.386. The fraction of sp³-hybridized carbons (Fsp3) is 0.727. The first-order valence-corrected chi connectivity index (χ1v) is 11.7. The molecular formula is C22H36N6O4. The minimum Gasteiger partial charge on any atom is -0.468 e. The van der Waals surface area contributed by atoms with Crippen molar-refractivity contribution in [2.75, 3.05) is 39.1 Å². The van der Waals surface area contributed by atoms with Gasteiger partial charge in [-0.25, -0.2) is 0 Å². The van der Waals surface area contributed by atoms with Crippen LogP contribution in [0, 0.1) is 0 Å². The van der Waals surface area contributed by atoms with Crippen LogP contribution < -0.4 is 15.2 Å². The van der Waals surface area contributed by atoms with Crippen LogP contribution in [-0.4, -0.2) is 69.8 Å². The summed E-state index contributed by atoms with van der Waals surface area (Å²) in [5.41, 5.74) is 7.24. The standard InChI is InChI=1S/C22H36N6O4/c1-4-6-15-32-21-25-18(23)17-19(26-21)28(22(24-17)30-3)14-10-9-13-27-12-8-7-11-16(27)20(29)31-5-2/h16H,4-15H2,1-3H3,(H2,23,25,26). The van der Waals surface area contributed by atoms with E-state index >= 15 is 0 Å². The van der Waals surface area contributed by atoms with Crippen LogP contribution in [0.2, 0.25) is 0 Å². The van der Waals surface area contributed by atoms with Crippen molar-refractivity contribution >= 4 is 23.0 Å². The predicted octanol–water partition coefficient (Wildman–Crippen LogP) is 2.79. The van der Waals surface area contributed by atoms with Crippen molar-refractivity contribution in [2.24, 2.45) is 0 Å². The van der Waals surface area contributed by atoms with Crippen molar-refractivity contribution in [3.8, 4) is 12.0 Å². The van der Waals surface area contributed by atoms with Gasteiger partial charge in [-0.2, -0.15) is 15.0 Å². The third-order valence-corrected chi connectivity index (χ3v) is 5.73. The molecule has 1 aliphatic heterocycles. The zero-order valence-corrected chi connectivity index (χ0v) is 19.5. The first kappa shape index (κ1) is 24.0. The van der Waals surface area contributed by atoms with E-state index in [-0.39, 0.29) is 23.8 Å². The average Bonchev–Trinajstić information content (AvgIpc) is 3.15. The molecule has 0 saturated carbocycles. The Morgan fingerprint density at radius 3 is 2.69 bits per heavy atom. The van der Waals surface area contributed by atoms with Gasteiger partial charge < -0.3 is 19.9 Å². The first-order valence-electron chi connectivity index (χ1n) is 11.7. The lowest BCUT2D eigenvalue weighted by Crippen LogP contribution is -2.45. The molecule has 178 valence electrons. The summed E-state index contributed by atoms with van der Waals surface area (Å²) in [4.78, 5) is 27.8. The predicted molar refractivity (Wildman–Crippen MR) is 122 cm³/mol. The van der Waals surface area contributed by atoms with Gasteiger partial charge in [-0.1, -0.05) is 19.8 Å². The summed E-state index contributed by atoms with van der Waals surface area (Å²) in [5, 5.41) is 0. The van der Waals surface area contributed by atoms with Gasteiger partial charge in [0.1, 0.15) is 6.04 Å². The van der Waals surface area contributed by atoms with Crippen LogP contribution in [0.25, 0.3) is 11.2 Å². The molecule has 0 spiro atoms. The van der Waals surface area contributed by atoms with Crippen LogP contribution in [0.4, 0.5) is 5.82 Å². The Bertz CT molecular complexity index is 887. The molecule has 32 heavy (non-hydrogen) atoms. The molecule has 0 radical (unpaired) electrons. The molecule has 2 N–H and O–H groups in total. The molecule has 10 nitrogen and oxygen atoms in total. The van der Waals surface area contributed by atoms with Crippen LogP contribution in [0.5, 0.6) is 12.0 Å². The number of carbonyl (C=O) groups is 1. The number of aryl methyl sites for hydroxylation is 1. The number of piperidine rings is 1. The van der Waals surface area contributed by atoms with Crippen LogP contribution in [0.15, 0.2) is 0 Å². The largest absolute Gasteiger partial charge is 0.468 e. The fourth-order valence-corrected chi connectivity index (χ4v) is 4.06. The Morgan fingerprint density at radius 2 is 1.94 bits per heavy atom. The molecule has 1 aliphatic rings. The van der Waals surface area contributed by atoms with Gasteiger partial charge in [-0.3, -0.25) is 14.3 Å². The molecule has 2 aromatic heterocycles. The number of nitrogens with two attached hydrogens (primary N) is 1. The average molecular weight is 449 g/mol. The summed E-state index contributed by atoms with van der Waals surface area (Å²) in [7, 11) is 1.58. The number of carbonyl (C=O) groups excluding carboxylic acids is 1. The number of unbranched alkanes of at least 4 members (excludes halogenated alkanes) is 2. The van der Waals surface area contributed by atoms with Crippen LogP contribution in [-0.2, 0) is 16.1 Å². The lowest BCUT2D eigenvalue weighted by Gasteiger charge is -2.33. The SMILES string of the molecule is CCCCOc1nc(N)c2nc(OC)n(CCCCN3CCCCC3C(=O)OCC)c2n1. The Hall–Kier alpha value is -2.62. The van der Waals surface area contributed by atoms with Gasteiger partial charge in [0.05, 0.1) is 20.3 Å². The maximum atomic E-state index is 12.3. The summed E-state index contributed by atoms with van der Waals surface area (Å²) in [6.45, 7) is 7.37. The van der Waals surface area contributed by atoms with E-state index in [9.17, 15) is 4.79 Å². The number of nitrogens with zero attached hydrogens (tertiary/aromatic N) is 5. The number of hydrogen-bond donors (Lipinski definition) is 1. The second-order valence-corrected chi connectivity index (χ2v) is 8.02. The van der Waals surface area contributed by atoms with Gasteiger partial charge in [0, 0.05) is 6.54 Å². The molecule has 1 atom stereocenters. The lowest BCUT2D eigenvalue weighted by molar-refractivity contribution is -0.150. The highest BCUT2D eigenvalue weighted by atomic mass is 16.5. The van der Waals surface area contributed by atoms with Crippen LogP contribution in [0.3, 0.4) is 0 Å². The second-order valence-electron chi connectivity index (χ2n) is 8.02. The number of ether oxygens (including phenoxy) is 3. The maximum Gasteiger partial charge on any atom is 0.323 e. The van der Waals surface area contributed by atoms with E-state index in [1.54, 1.807) is 7.11 Å². The number of imidazole rings is 1. The monoisotopic (exact) mass is 448 g/mol. The zero-order valence-electron chi connectivity index (χ0n) is 19.5. The van der Waals surface area contributed by atoms with Gasteiger partial charge in [-0.05, 0) is 52.1 Å². The topological polar surface area (TPSA) is 118 Å². The normalized spacial score (nSPS) is 16.9. The first-order chi connectivity index (χ1) is 15.6. The Kier molecular flexibility index (Phi) is 8.90. The minimum absolute atomic E-state index is 0.0998. The zero-order chi connectivity index (χ0) is 22.9. The van der Waals surface area contributed by atoms with E-state index in [0.717, 1.165) is 58.0 Å². The number of hydrogen-bond acceptors (Lipinski definition) is 9. The van der Waals surface area contributed by atoms with Gasteiger partial charge >= 0.3 is 12.0 Å². The summed E-state index contributed by atoms with van der Waals surface area (Å²) >= 11 is 0. The second kappa shape index (κ2) is 11.8. The maximum absolute atomic E-state index is 12.3. The molecule has 0 aromatic carbocycles. The van der Waals surface area contributed by atoms with E-state index < -0.39 is 0 Å². The summed E-state index contributed by atoms with van der Waals surface area (Å²) < 4.78 is 18.3. The van der Waals surface area contributed by atoms with E-state index in [0.29, 0.717) is 36.9 Å². The molecule has 3 rings (SSSR count). The number of anilines is 1. The molecule has 0 aliphatic carbocycles. The number of rotatable bonds is 12. The molecule has 3 heterocycles. The highest BCUT2D eigenvalue weighted by Gasteiger charge is 2.29. The number of aromatic nitrogens is 4. The summed E-state index contributed by atoms with van der Waals surface area (Å²) in [5.74, 6) is 0.182. The van der Waals surface area contributed by atoms with Gasteiger partial charge in [-0.15, -0.1) is 0 Å². The third-order valence-electron chi connectivity index (χ3n) is 5.73. The smallest absolute Gasteiger partial charge is 0.323 e. The molecule has 10 heteroatoms. The van der Waals surface area contributed by atoms with Crippen molar-refractivity contribution in [2.45, 2.75) is 71.4 Å². The Morgan fingerprint density at radius 1 is 1.12 bits per heavy atom. The molecule has 1 fully saturated rings. The van der Waals surface area contributed by atoms with Gasteiger partial charge in [0.25, 0.3) is 6.01 Å². The highest BCUT2D eigenvalue weighted by molar-refractivity contribution is 5.83. The van der Waals surface area contributed by atoms with Gasteiger partial charge in [0.2, 0.25) is 0 Å². The molecular weight excluding hydrogens is 412 g/mol. The van der Waals surface area contributed by atoms with Crippen LogP contribution in [0.1, 0.15) is 58.8 Å². The van der Waals surface area contributed by atoms with E-state index in [2.05, 4.69) is 26.8 Å². The summed E-state index contributed by atoms with van der Waals surface area (Å²) in [6.07, 6.45) is 6.82. The number of likely N-dealkylation sites (tertiary alicyclic amines) is 1. The molecule has 2 aromatic rings. The fourth-order valence-electron chi connectivity index (χ4n) is 4.06. The van der Waals surface area contributed by atoms with Crippen molar-refractivity contribution in [3.63, 3.8) is 0 Å². The highest BCUT2D eigenvalue weighted by Crippen LogP contribution is 2.26. The van der Waals surface area contributed by atoms with Crippen LogP contribution >= 0.6 is 0 Å². The number of fused-ring (bicyclic) bond motifs is 1. The van der Waals surface area contributed by atoms with E-state index in [4.69, 9.17) is 19.9 Å². The van der Waals surface area contributed by atoms with Crippen molar-refractivity contribution < 1.29 is 19.0 Å². The molecule has 0 bridgehead atoms. The minimum atomic E-state index is -0.123. The Balaban J connectivity index is 1.65. The number of esters is 1. The van der Waals surface area contributed by atoms with Gasteiger partial charge in [0.15, 0.2) is 17.0 Å². The lowest BCUT2D eigenvalue weighted by atomic mass is 10.0. The summed E-state index contributed by atoms with van der Waals surface area (Å²) in [6, 6.07) is 0.592. The van der Waals surface area contributed by atoms with Crippen molar-refractivity contribution in [1.29, 1.82) is 0 Å². The number of methoxy groups -OCH3 is 1. The molecule has 1 unspecified atom stereocenters. The third kappa shape index (κ3) is 5.79. The molecule has 0 amide bonds. The van der Waals surface area contributed by atoms with Crippen molar-refractivity contribution in [1.82, 2.24) is 24.4 Å².